The Morgan fingerprint density at radius 3 is 3.00 bits per heavy atom. The first kappa shape index (κ1) is 9.51. The molecule has 15 heavy (non-hydrogen) atoms. The molecular formula is C10H7FN2O2. The van der Waals surface area contributed by atoms with Gasteiger partial charge < -0.3 is 4.74 Å². The van der Waals surface area contributed by atoms with Crippen LogP contribution in [0.2, 0.25) is 0 Å². The van der Waals surface area contributed by atoms with Gasteiger partial charge in [0.05, 0.1) is 18.2 Å². The lowest BCUT2D eigenvalue weighted by molar-refractivity contribution is 0.0602. The van der Waals surface area contributed by atoms with E-state index in [0.29, 0.717) is 10.9 Å². The fraction of sp³-hybridized carbons (Fsp3) is 0.100. The maximum atomic E-state index is 13.1. The van der Waals surface area contributed by atoms with Crippen molar-refractivity contribution in [3.05, 3.63) is 36.0 Å². The van der Waals surface area contributed by atoms with Gasteiger partial charge in [0.25, 0.3) is 0 Å². The molecule has 0 amide bonds. The van der Waals surface area contributed by atoms with Crippen LogP contribution in [0, 0.1) is 5.82 Å². The Balaban J connectivity index is 2.76. The van der Waals surface area contributed by atoms with Crippen LogP contribution >= 0.6 is 0 Å². The maximum Gasteiger partial charge on any atom is 0.338 e. The van der Waals surface area contributed by atoms with Crippen molar-refractivity contribution in [3.63, 3.8) is 0 Å². The van der Waals surface area contributed by atoms with Gasteiger partial charge in [-0.2, -0.15) is 0 Å². The lowest BCUT2D eigenvalue weighted by atomic mass is 10.1. The number of rotatable bonds is 1. The van der Waals surface area contributed by atoms with Gasteiger partial charge in [0.15, 0.2) is 0 Å². The van der Waals surface area contributed by atoms with Crippen molar-refractivity contribution in [1.82, 2.24) is 9.97 Å². The lowest BCUT2D eigenvalue weighted by Gasteiger charge is -2.03. The van der Waals surface area contributed by atoms with Crippen LogP contribution in [0.3, 0.4) is 0 Å². The molecule has 0 spiro atoms. The van der Waals surface area contributed by atoms with Crippen molar-refractivity contribution in [2.24, 2.45) is 0 Å². The average Bonchev–Trinajstić information content (AvgIpc) is 2.26. The second kappa shape index (κ2) is 3.61. The molecule has 2 rings (SSSR count). The monoisotopic (exact) mass is 206 g/mol. The zero-order valence-corrected chi connectivity index (χ0v) is 7.90. The Hall–Kier alpha value is -2.04. The van der Waals surface area contributed by atoms with Gasteiger partial charge >= 0.3 is 5.97 Å². The molecule has 0 atom stereocenters. The van der Waals surface area contributed by atoms with Gasteiger partial charge in [-0.1, -0.05) is 0 Å². The van der Waals surface area contributed by atoms with E-state index in [4.69, 9.17) is 0 Å². The molecule has 0 bridgehead atoms. The molecule has 2 aromatic rings. The normalized spacial score (nSPS) is 10.3. The van der Waals surface area contributed by atoms with Gasteiger partial charge in [0.2, 0.25) is 0 Å². The smallest absolute Gasteiger partial charge is 0.338 e. The number of benzene rings is 1. The first-order valence-corrected chi connectivity index (χ1v) is 4.20. The summed E-state index contributed by atoms with van der Waals surface area (Å²) in [5, 5.41) is 0.478. The number of hydrogen-bond acceptors (Lipinski definition) is 4. The number of nitrogens with zero attached hydrogens (tertiary/aromatic N) is 2. The summed E-state index contributed by atoms with van der Waals surface area (Å²) >= 11 is 0. The van der Waals surface area contributed by atoms with E-state index >= 15 is 0 Å². The predicted molar refractivity (Wildman–Crippen MR) is 50.8 cm³/mol. The van der Waals surface area contributed by atoms with Crippen LogP contribution in [0.5, 0.6) is 0 Å². The minimum Gasteiger partial charge on any atom is -0.465 e. The lowest BCUT2D eigenvalue weighted by Crippen LogP contribution is -2.03. The summed E-state index contributed by atoms with van der Waals surface area (Å²) in [6.45, 7) is 0. The first-order valence-electron chi connectivity index (χ1n) is 4.20. The molecule has 0 N–H and O–H groups in total. The Labute approximate surface area is 84.7 Å². The zero-order chi connectivity index (χ0) is 10.8. The van der Waals surface area contributed by atoms with Crippen LogP contribution in [-0.2, 0) is 4.74 Å². The molecule has 5 heteroatoms. The Morgan fingerprint density at radius 1 is 1.47 bits per heavy atom. The summed E-state index contributed by atoms with van der Waals surface area (Å²) in [6.07, 6.45) is 2.75. The number of fused-ring (bicyclic) bond motifs is 1. The third kappa shape index (κ3) is 1.63. The third-order valence-electron chi connectivity index (χ3n) is 2.00. The van der Waals surface area contributed by atoms with Crippen LogP contribution in [0.25, 0.3) is 10.9 Å². The number of ether oxygens (including phenoxy) is 1. The second-order valence-electron chi connectivity index (χ2n) is 2.90. The Kier molecular flexibility index (Phi) is 2.29. The summed E-state index contributed by atoms with van der Waals surface area (Å²) < 4.78 is 17.7. The van der Waals surface area contributed by atoms with E-state index in [0.717, 1.165) is 6.07 Å². The van der Waals surface area contributed by atoms with Crippen molar-refractivity contribution in [3.8, 4) is 0 Å². The van der Waals surface area contributed by atoms with E-state index in [2.05, 4.69) is 14.7 Å². The van der Waals surface area contributed by atoms with Gasteiger partial charge in [-0.25, -0.2) is 19.2 Å². The molecule has 4 nitrogen and oxygen atoms in total. The van der Waals surface area contributed by atoms with Crippen molar-refractivity contribution in [2.75, 3.05) is 7.11 Å². The summed E-state index contributed by atoms with van der Waals surface area (Å²) in [4.78, 5) is 19.0. The number of hydrogen-bond donors (Lipinski definition) is 0. The second-order valence-corrected chi connectivity index (χ2v) is 2.90. The van der Waals surface area contributed by atoms with E-state index in [9.17, 15) is 9.18 Å². The average molecular weight is 206 g/mol. The van der Waals surface area contributed by atoms with Crippen molar-refractivity contribution in [1.29, 1.82) is 0 Å². The quantitative estimate of drug-likeness (QED) is 0.664. The molecule has 0 radical (unpaired) electrons. The van der Waals surface area contributed by atoms with Gasteiger partial charge in [-0.05, 0) is 6.07 Å². The molecule has 0 fully saturated rings. The number of halogens is 1. The standard InChI is InChI=1S/C10H7FN2O2/c1-15-10(14)7-2-6(11)3-9-8(7)4-12-5-13-9/h2-5H,1H3. The number of esters is 1. The molecule has 0 saturated carbocycles. The van der Waals surface area contributed by atoms with Gasteiger partial charge in [-0.15, -0.1) is 0 Å². The van der Waals surface area contributed by atoms with E-state index in [1.54, 1.807) is 0 Å². The minimum atomic E-state index is -0.602. The Morgan fingerprint density at radius 2 is 2.27 bits per heavy atom. The zero-order valence-electron chi connectivity index (χ0n) is 7.90. The highest BCUT2D eigenvalue weighted by molar-refractivity contribution is 6.03. The van der Waals surface area contributed by atoms with Gasteiger partial charge in [0, 0.05) is 17.6 Å². The highest BCUT2D eigenvalue weighted by Crippen LogP contribution is 2.18. The summed E-state index contributed by atoms with van der Waals surface area (Å²) in [7, 11) is 1.24. The van der Waals surface area contributed by atoms with Crippen LogP contribution in [0.4, 0.5) is 4.39 Å². The van der Waals surface area contributed by atoms with Crippen molar-refractivity contribution >= 4 is 16.9 Å². The molecule has 1 aromatic carbocycles. The number of methoxy groups -OCH3 is 1. The van der Waals surface area contributed by atoms with E-state index in [1.165, 1.54) is 25.7 Å². The number of carbonyl (C=O) groups is 1. The molecule has 1 aromatic heterocycles. The summed E-state index contributed by atoms with van der Waals surface area (Å²) in [5.74, 6) is -1.13. The molecule has 1 heterocycles. The van der Waals surface area contributed by atoms with E-state index < -0.39 is 11.8 Å². The largest absolute Gasteiger partial charge is 0.465 e. The van der Waals surface area contributed by atoms with Gasteiger partial charge in [-0.3, -0.25) is 0 Å². The molecule has 0 aliphatic rings. The molecular weight excluding hydrogens is 199 g/mol. The topological polar surface area (TPSA) is 52.1 Å². The predicted octanol–water partition coefficient (Wildman–Crippen LogP) is 1.56. The molecule has 0 aliphatic carbocycles. The third-order valence-corrected chi connectivity index (χ3v) is 2.00. The van der Waals surface area contributed by atoms with Crippen LogP contribution in [0.1, 0.15) is 10.4 Å². The van der Waals surface area contributed by atoms with Crippen LogP contribution in [-0.4, -0.2) is 23.0 Å². The number of aromatic nitrogens is 2. The molecule has 0 saturated heterocycles. The first-order chi connectivity index (χ1) is 7.22. The summed E-state index contributed by atoms with van der Waals surface area (Å²) in [6, 6.07) is 2.35. The van der Waals surface area contributed by atoms with E-state index in [-0.39, 0.29) is 5.56 Å². The minimum absolute atomic E-state index is 0.133. The fourth-order valence-electron chi connectivity index (χ4n) is 1.33. The Bertz CT molecular complexity index is 528. The molecule has 76 valence electrons. The van der Waals surface area contributed by atoms with Crippen molar-refractivity contribution < 1.29 is 13.9 Å². The fourth-order valence-corrected chi connectivity index (χ4v) is 1.33. The van der Waals surface area contributed by atoms with Crippen LogP contribution < -0.4 is 0 Å². The molecule has 0 unspecified atom stereocenters. The number of carbonyl (C=O) groups excluding carboxylic acids is 1. The maximum absolute atomic E-state index is 13.1. The van der Waals surface area contributed by atoms with Crippen LogP contribution in [0.15, 0.2) is 24.7 Å². The van der Waals surface area contributed by atoms with Crippen molar-refractivity contribution in [2.45, 2.75) is 0 Å². The SMILES string of the molecule is COC(=O)c1cc(F)cc2ncncc12. The summed E-state index contributed by atoms with van der Waals surface area (Å²) in [5.41, 5.74) is 0.513. The van der Waals surface area contributed by atoms with E-state index in [1.807, 2.05) is 0 Å². The highest BCUT2D eigenvalue weighted by atomic mass is 19.1. The highest BCUT2D eigenvalue weighted by Gasteiger charge is 2.12. The molecule has 0 aliphatic heterocycles. The van der Waals surface area contributed by atoms with Gasteiger partial charge in [0.1, 0.15) is 12.1 Å².